The van der Waals surface area contributed by atoms with Crippen LogP contribution in [0.3, 0.4) is 0 Å². The first-order chi connectivity index (χ1) is 8.04. The summed E-state index contributed by atoms with van der Waals surface area (Å²) >= 11 is 0. The van der Waals surface area contributed by atoms with Gasteiger partial charge in [-0.05, 0) is 30.7 Å². The highest BCUT2D eigenvalue weighted by molar-refractivity contribution is 5.40. The molecule has 94 valence electrons. The number of ether oxygens (including phenoxy) is 1. The number of nitrogens with one attached hydrogen (secondary N) is 1. The number of likely N-dealkylation sites (N-methyl/N-ethyl adjacent to an activating group) is 1. The average Bonchev–Trinajstić information content (AvgIpc) is 2.28. The van der Waals surface area contributed by atoms with Crippen molar-refractivity contribution in [3.63, 3.8) is 0 Å². The molecule has 1 aromatic carbocycles. The van der Waals surface area contributed by atoms with Crippen LogP contribution in [0.5, 0.6) is 0 Å². The quantitative estimate of drug-likeness (QED) is 0.864. The molecule has 0 spiro atoms. The molecule has 0 aromatic heterocycles. The van der Waals surface area contributed by atoms with E-state index >= 15 is 0 Å². The van der Waals surface area contributed by atoms with Gasteiger partial charge in [-0.1, -0.05) is 12.1 Å². The lowest BCUT2D eigenvalue weighted by atomic mass is 9.92. The molecule has 1 heterocycles. The van der Waals surface area contributed by atoms with Gasteiger partial charge in [-0.15, -0.1) is 0 Å². The third-order valence-corrected chi connectivity index (χ3v) is 2.90. The van der Waals surface area contributed by atoms with Gasteiger partial charge >= 0.3 is 6.18 Å². The highest BCUT2D eigenvalue weighted by atomic mass is 19.4. The minimum absolute atomic E-state index is 0.292. The number of hydrogen-bond donors (Lipinski definition) is 1. The van der Waals surface area contributed by atoms with Gasteiger partial charge < -0.3 is 10.1 Å². The first-order valence-corrected chi connectivity index (χ1v) is 5.49. The molecular weight excluding hydrogens is 231 g/mol. The maximum absolute atomic E-state index is 12.9. The van der Waals surface area contributed by atoms with Gasteiger partial charge in [0.15, 0.2) is 0 Å². The standard InChI is InChI=1S/C12H14F3NO/c1-16-7-10-11-8(5-6-17-10)3-2-4-9(11)12(13,14)15/h2-4,10,16H,5-7H2,1H3/t10-/m1/s1. The zero-order chi connectivity index (χ0) is 12.5. The normalized spacial score (nSPS) is 20.1. The predicted molar refractivity (Wildman–Crippen MR) is 57.8 cm³/mol. The van der Waals surface area contributed by atoms with Crippen LogP contribution < -0.4 is 5.32 Å². The van der Waals surface area contributed by atoms with Crippen molar-refractivity contribution in [2.45, 2.75) is 18.7 Å². The number of alkyl halides is 3. The Morgan fingerprint density at radius 3 is 2.82 bits per heavy atom. The third-order valence-electron chi connectivity index (χ3n) is 2.90. The Labute approximate surface area is 97.8 Å². The van der Waals surface area contributed by atoms with Gasteiger partial charge in [0, 0.05) is 6.54 Å². The first kappa shape index (κ1) is 12.4. The van der Waals surface area contributed by atoms with Crippen LogP contribution in [-0.4, -0.2) is 20.2 Å². The number of fused-ring (bicyclic) bond motifs is 1. The van der Waals surface area contributed by atoms with E-state index in [1.807, 2.05) is 0 Å². The Kier molecular flexibility index (Phi) is 3.40. The molecule has 1 atom stereocenters. The van der Waals surface area contributed by atoms with E-state index < -0.39 is 17.8 Å². The molecule has 1 aromatic rings. The molecule has 17 heavy (non-hydrogen) atoms. The number of hydrogen-bond acceptors (Lipinski definition) is 2. The minimum Gasteiger partial charge on any atom is -0.372 e. The summed E-state index contributed by atoms with van der Waals surface area (Å²) in [6.45, 7) is 0.862. The van der Waals surface area contributed by atoms with E-state index in [4.69, 9.17) is 4.74 Å². The van der Waals surface area contributed by atoms with Gasteiger partial charge in [0.2, 0.25) is 0 Å². The van der Waals surface area contributed by atoms with Gasteiger partial charge in [0.25, 0.3) is 0 Å². The maximum atomic E-state index is 12.9. The summed E-state index contributed by atoms with van der Waals surface area (Å²) < 4.78 is 44.2. The summed E-state index contributed by atoms with van der Waals surface area (Å²) in [5, 5.41) is 2.86. The van der Waals surface area contributed by atoms with Crippen LogP contribution in [0.25, 0.3) is 0 Å². The minimum atomic E-state index is -4.32. The van der Waals surface area contributed by atoms with E-state index in [2.05, 4.69) is 5.32 Å². The Balaban J connectivity index is 2.49. The second-order valence-corrected chi connectivity index (χ2v) is 4.04. The van der Waals surface area contributed by atoms with Crippen LogP contribution in [0, 0.1) is 0 Å². The fraction of sp³-hybridized carbons (Fsp3) is 0.500. The summed E-state index contributed by atoms with van der Waals surface area (Å²) in [5.41, 5.74) is 0.460. The van der Waals surface area contributed by atoms with Crippen LogP contribution in [0.15, 0.2) is 18.2 Å². The average molecular weight is 245 g/mol. The fourth-order valence-corrected chi connectivity index (χ4v) is 2.20. The second-order valence-electron chi connectivity index (χ2n) is 4.04. The zero-order valence-electron chi connectivity index (χ0n) is 9.47. The van der Waals surface area contributed by atoms with Gasteiger partial charge in [-0.3, -0.25) is 0 Å². The maximum Gasteiger partial charge on any atom is 0.416 e. The van der Waals surface area contributed by atoms with Crippen LogP contribution in [0.2, 0.25) is 0 Å². The monoisotopic (exact) mass is 245 g/mol. The first-order valence-electron chi connectivity index (χ1n) is 5.49. The summed E-state index contributed by atoms with van der Waals surface area (Å²) in [5.74, 6) is 0. The lowest BCUT2D eigenvalue weighted by Gasteiger charge is -2.29. The van der Waals surface area contributed by atoms with Crippen molar-refractivity contribution in [1.29, 1.82) is 0 Å². The largest absolute Gasteiger partial charge is 0.416 e. The highest BCUT2D eigenvalue weighted by Gasteiger charge is 2.37. The highest BCUT2D eigenvalue weighted by Crippen LogP contribution is 2.39. The van der Waals surface area contributed by atoms with Crippen molar-refractivity contribution in [2.24, 2.45) is 0 Å². The number of halogens is 3. The molecule has 0 amide bonds. The van der Waals surface area contributed by atoms with E-state index in [0.29, 0.717) is 25.1 Å². The van der Waals surface area contributed by atoms with Crippen LogP contribution in [0.1, 0.15) is 22.8 Å². The van der Waals surface area contributed by atoms with Crippen molar-refractivity contribution in [3.8, 4) is 0 Å². The Morgan fingerprint density at radius 1 is 1.41 bits per heavy atom. The van der Waals surface area contributed by atoms with E-state index in [0.717, 1.165) is 11.6 Å². The van der Waals surface area contributed by atoms with Crippen molar-refractivity contribution in [1.82, 2.24) is 5.32 Å². The van der Waals surface area contributed by atoms with Crippen molar-refractivity contribution in [3.05, 3.63) is 34.9 Å². The fourth-order valence-electron chi connectivity index (χ4n) is 2.20. The van der Waals surface area contributed by atoms with Crippen LogP contribution >= 0.6 is 0 Å². The molecule has 0 bridgehead atoms. The summed E-state index contributed by atoms with van der Waals surface area (Å²) in [4.78, 5) is 0. The third kappa shape index (κ3) is 2.45. The van der Waals surface area contributed by atoms with E-state index in [9.17, 15) is 13.2 Å². The lowest BCUT2D eigenvalue weighted by Crippen LogP contribution is -2.28. The molecule has 0 unspecified atom stereocenters. The number of rotatable bonds is 2. The molecule has 0 aliphatic carbocycles. The Hall–Kier alpha value is -1.07. The lowest BCUT2D eigenvalue weighted by molar-refractivity contribution is -0.140. The zero-order valence-corrected chi connectivity index (χ0v) is 9.47. The summed E-state index contributed by atoms with van der Waals surface area (Å²) in [7, 11) is 1.70. The van der Waals surface area contributed by atoms with Gasteiger partial charge in [-0.2, -0.15) is 13.2 Å². The summed E-state index contributed by atoms with van der Waals surface area (Å²) in [6.07, 6.45) is -4.29. The van der Waals surface area contributed by atoms with Crippen molar-refractivity contribution < 1.29 is 17.9 Å². The van der Waals surface area contributed by atoms with E-state index in [1.165, 1.54) is 6.07 Å². The molecule has 5 heteroatoms. The Bertz CT molecular complexity index is 403. The van der Waals surface area contributed by atoms with Crippen LogP contribution in [0.4, 0.5) is 13.2 Å². The molecule has 2 nitrogen and oxygen atoms in total. The number of benzene rings is 1. The molecule has 0 radical (unpaired) electrons. The van der Waals surface area contributed by atoms with E-state index in [1.54, 1.807) is 13.1 Å². The molecule has 0 saturated heterocycles. The topological polar surface area (TPSA) is 21.3 Å². The Morgan fingerprint density at radius 2 is 2.18 bits per heavy atom. The molecule has 1 aliphatic rings. The molecular formula is C12H14F3NO. The molecule has 1 aliphatic heterocycles. The summed E-state index contributed by atoms with van der Waals surface area (Å²) in [6, 6.07) is 4.33. The van der Waals surface area contributed by atoms with Crippen LogP contribution in [-0.2, 0) is 17.3 Å². The smallest absolute Gasteiger partial charge is 0.372 e. The second kappa shape index (κ2) is 4.66. The van der Waals surface area contributed by atoms with Gasteiger partial charge in [0.05, 0.1) is 18.3 Å². The molecule has 0 saturated carbocycles. The van der Waals surface area contributed by atoms with Gasteiger partial charge in [0.1, 0.15) is 0 Å². The van der Waals surface area contributed by atoms with Gasteiger partial charge in [-0.25, -0.2) is 0 Å². The van der Waals surface area contributed by atoms with E-state index in [-0.39, 0.29) is 0 Å². The predicted octanol–water partition coefficient (Wildman–Crippen LogP) is 2.54. The molecule has 0 fully saturated rings. The van der Waals surface area contributed by atoms with Crippen molar-refractivity contribution >= 4 is 0 Å². The molecule has 1 N–H and O–H groups in total. The van der Waals surface area contributed by atoms with Crippen molar-refractivity contribution in [2.75, 3.05) is 20.2 Å². The SMILES string of the molecule is CNC[C@H]1OCCc2cccc(C(F)(F)F)c21. The molecule has 2 rings (SSSR count).